The first-order chi connectivity index (χ1) is 6.40. The van der Waals surface area contributed by atoms with Gasteiger partial charge >= 0.3 is 0 Å². The normalized spacial score (nSPS) is 26.2. The Morgan fingerprint density at radius 1 is 1.08 bits per heavy atom. The Labute approximate surface area is 94.4 Å². The molecule has 0 aromatic heterocycles. The van der Waals surface area contributed by atoms with Crippen molar-refractivity contribution in [1.29, 1.82) is 0 Å². The van der Waals surface area contributed by atoms with Crippen molar-refractivity contribution >= 4 is 22.6 Å². The predicted molar refractivity (Wildman–Crippen MR) is 63.7 cm³/mol. The number of likely N-dealkylation sites (tertiary alicyclic amines) is 1. The van der Waals surface area contributed by atoms with Crippen molar-refractivity contribution in [2.75, 3.05) is 13.1 Å². The van der Waals surface area contributed by atoms with Gasteiger partial charge in [0.15, 0.2) is 0 Å². The summed E-state index contributed by atoms with van der Waals surface area (Å²) in [5, 5.41) is 0. The third kappa shape index (κ3) is 2.38. The van der Waals surface area contributed by atoms with Crippen LogP contribution in [0.15, 0.2) is 0 Å². The molecule has 2 rings (SSSR count). The van der Waals surface area contributed by atoms with Gasteiger partial charge < -0.3 is 4.90 Å². The van der Waals surface area contributed by atoms with Crippen molar-refractivity contribution < 1.29 is 0 Å². The van der Waals surface area contributed by atoms with Gasteiger partial charge in [-0.05, 0) is 42.7 Å². The molecule has 1 saturated carbocycles. The molecule has 1 nitrogen and oxygen atoms in total. The fourth-order valence-electron chi connectivity index (χ4n) is 2.24. The van der Waals surface area contributed by atoms with Gasteiger partial charge in [0.25, 0.3) is 0 Å². The van der Waals surface area contributed by atoms with E-state index in [-0.39, 0.29) is 0 Å². The van der Waals surface area contributed by atoms with Gasteiger partial charge in [0.05, 0.1) is 0 Å². The zero-order chi connectivity index (χ0) is 9.10. The molecule has 0 unspecified atom stereocenters. The highest BCUT2D eigenvalue weighted by Gasteiger charge is 2.27. The van der Waals surface area contributed by atoms with E-state index in [0.29, 0.717) is 5.92 Å². The number of piperidine rings is 1. The Morgan fingerprint density at radius 3 is 2.23 bits per heavy atom. The molecule has 1 heterocycles. The molecule has 0 spiro atoms. The van der Waals surface area contributed by atoms with Crippen LogP contribution in [0.4, 0.5) is 0 Å². The lowest BCUT2D eigenvalue weighted by atomic mass is 9.88. The van der Waals surface area contributed by atoms with Gasteiger partial charge in [-0.3, -0.25) is 0 Å². The summed E-state index contributed by atoms with van der Waals surface area (Å²) in [6.45, 7) is 2.58. The molecule has 1 aliphatic carbocycles. The van der Waals surface area contributed by atoms with E-state index in [1.165, 1.54) is 45.2 Å². The first kappa shape index (κ1) is 9.79. The fourth-order valence-corrected chi connectivity index (χ4v) is 2.68. The van der Waals surface area contributed by atoms with Crippen molar-refractivity contribution in [1.82, 2.24) is 4.90 Å². The lowest BCUT2D eigenvalue weighted by Gasteiger charge is -2.40. The summed E-state index contributed by atoms with van der Waals surface area (Å²) in [7, 11) is 0. The standard InChI is InChI=1S/C11H16IN/c12-7-4-10-5-8-13(9-6-10)11-2-1-3-11/h10-11H,1-3,5-6,8-9H2. The van der Waals surface area contributed by atoms with E-state index in [1.54, 1.807) is 0 Å². The lowest BCUT2D eigenvalue weighted by molar-refractivity contribution is 0.0945. The van der Waals surface area contributed by atoms with Gasteiger partial charge in [0, 0.05) is 34.6 Å². The molecular weight excluding hydrogens is 273 g/mol. The van der Waals surface area contributed by atoms with E-state index >= 15 is 0 Å². The van der Waals surface area contributed by atoms with Crippen LogP contribution in [0.25, 0.3) is 0 Å². The van der Waals surface area contributed by atoms with Crippen LogP contribution in [0.2, 0.25) is 0 Å². The summed E-state index contributed by atoms with van der Waals surface area (Å²) < 4.78 is 3.01. The maximum absolute atomic E-state index is 3.29. The van der Waals surface area contributed by atoms with Crippen LogP contribution in [0.5, 0.6) is 0 Å². The maximum Gasteiger partial charge on any atom is 0.0235 e. The average molecular weight is 289 g/mol. The Kier molecular flexibility index (Phi) is 3.51. The Hall–Kier alpha value is 0.250. The fraction of sp³-hybridized carbons (Fsp3) is 0.818. The predicted octanol–water partition coefficient (Wildman–Crippen LogP) is 2.65. The zero-order valence-electron chi connectivity index (χ0n) is 7.93. The first-order valence-corrected chi connectivity index (χ1v) is 6.33. The monoisotopic (exact) mass is 289 g/mol. The molecule has 72 valence electrons. The molecule has 0 atom stereocenters. The minimum atomic E-state index is 0.688. The van der Waals surface area contributed by atoms with Gasteiger partial charge in [-0.2, -0.15) is 0 Å². The third-order valence-corrected chi connectivity index (χ3v) is 3.69. The van der Waals surface area contributed by atoms with Crippen LogP contribution >= 0.6 is 22.6 Å². The molecule has 2 heteroatoms. The van der Waals surface area contributed by atoms with Crippen molar-refractivity contribution in [3.63, 3.8) is 0 Å². The van der Waals surface area contributed by atoms with E-state index in [4.69, 9.17) is 0 Å². The minimum absolute atomic E-state index is 0.688. The minimum Gasteiger partial charge on any atom is -0.300 e. The van der Waals surface area contributed by atoms with Crippen molar-refractivity contribution in [3.05, 3.63) is 0 Å². The summed E-state index contributed by atoms with van der Waals surface area (Å²) in [6.07, 6.45) is 6.95. The van der Waals surface area contributed by atoms with Crippen LogP contribution in [0.3, 0.4) is 0 Å². The van der Waals surface area contributed by atoms with E-state index in [0.717, 1.165) is 6.04 Å². The SMILES string of the molecule is IC#CC1CCN(C2CCC2)CC1. The molecule has 2 aliphatic rings. The molecule has 0 N–H and O–H groups in total. The Bertz CT molecular complexity index is 216. The van der Waals surface area contributed by atoms with Gasteiger partial charge in [-0.1, -0.05) is 12.3 Å². The maximum atomic E-state index is 3.29. The summed E-state index contributed by atoms with van der Waals surface area (Å²) in [5.74, 6) is 3.98. The highest BCUT2D eigenvalue weighted by Crippen LogP contribution is 2.28. The average Bonchev–Trinajstić information content (AvgIpc) is 2.06. The summed E-state index contributed by atoms with van der Waals surface area (Å²) in [6, 6.07) is 0.938. The number of nitrogens with zero attached hydrogens (tertiary/aromatic N) is 1. The largest absolute Gasteiger partial charge is 0.300 e. The Balaban J connectivity index is 1.77. The second-order valence-electron chi connectivity index (χ2n) is 4.13. The molecule has 1 aliphatic heterocycles. The second kappa shape index (κ2) is 4.65. The molecule has 0 aromatic carbocycles. The van der Waals surface area contributed by atoms with Gasteiger partial charge in [-0.25, -0.2) is 0 Å². The Morgan fingerprint density at radius 2 is 1.77 bits per heavy atom. The third-order valence-electron chi connectivity index (χ3n) is 3.38. The van der Waals surface area contributed by atoms with Crippen LogP contribution in [-0.4, -0.2) is 24.0 Å². The second-order valence-corrected chi connectivity index (χ2v) is 4.67. The molecule has 0 bridgehead atoms. The molecular formula is C11H16IN. The first-order valence-electron chi connectivity index (χ1n) is 5.25. The van der Waals surface area contributed by atoms with E-state index in [9.17, 15) is 0 Å². The van der Waals surface area contributed by atoms with Crippen molar-refractivity contribution in [2.24, 2.45) is 5.92 Å². The van der Waals surface area contributed by atoms with Gasteiger partial charge in [-0.15, -0.1) is 0 Å². The van der Waals surface area contributed by atoms with Crippen LogP contribution in [-0.2, 0) is 0 Å². The lowest BCUT2D eigenvalue weighted by Crippen LogP contribution is -2.44. The number of hydrogen-bond donors (Lipinski definition) is 0. The quantitative estimate of drug-likeness (QED) is 0.530. The van der Waals surface area contributed by atoms with E-state index in [2.05, 4.69) is 37.3 Å². The number of halogens is 1. The molecule has 13 heavy (non-hydrogen) atoms. The number of rotatable bonds is 1. The molecule has 0 aromatic rings. The van der Waals surface area contributed by atoms with Gasteiger partial charge in [0.2, 0.25) is 0 Å². The summed E-state index contributed by atoms with van der Waals surface area (Å²) in [5.41, 5.74) is 0. The molecule has 1 saturated heterocycles. The van der Waals surface area contributed by atoms with E-state index in [1.807, 2.05) is 0 Å². The van der Waals surface area contributed by atoms with Crippen molar-refractivity contribution in [3.8, 4) is 9.85 Å². The smallest absolute Gasteiger partial charge is 0.0235 e. The molecule has 0 radical (unpaired) electrons. The van der Waals surface area contributed by atoms with Crippen LogP contribution in [0.1, 0.15) is 32.1 Å². The molecule has 2 fully saturated rings. The summed E-state index contributed by atoms with van der Waals surface area (Å²) in [4.78, 5) is 2.68. The highest BCUT2D eigenvalue weighted by atomic mass is 127. The van der Waals surface area contributed by atoms with Crippen LogP contribution < -0.4 is 0 Å². The van der Waals surface area contributed by atoms with Crippen LogP contribution in [0, 0.1) is 15.8 Å². The summed E-state index contributed by atoms with van der Waals surface area (Å²) >= 11 is 2.15. The van der Waals surface area contributed by atoms with Gasteiger partial charge in [0.1, 0.15) is 0 Å². The van der Waals surface area contributed by atoms with E-state index < -0.39 is 0 Å². The zero-order valence-corrected chi connectivity index (χ0v) is 10.1. The topological polar surface area (TPSA) is 3.24 Å². The highest BCUT2D eigenvalue weighted by molar-refractivity contribution is 14.1. The molecule has 0 amide bonds. The number of hydrogen-bond acceptors (Lipinski definition) is 1. The van der Waals surface area contributed by atoms with Crippen molar-refractivity contribution in [2.45, 2.75) is 38.1 Å².